The van der Waals surface area contributed by atoms with Gasteiger partial charge in [-0.25, -0.2) is 0 Å². The fraction of sp³-hybridized carbons (Fsp3) is 0.0870. The smallest absolute Gasteiger partial charge is 0.172 e. The summed E-state index contributed by atoms with van der Waals surface area (Å²) < 4.78 is 0. The number of ketones is 1. The van der Waals surface area contributed by atoms with E-state index >= 15 is 0 Å². The first-order chi connectivity index (χ1) is 12.3. The Kier molecular flexibility index (Phi) is 4.53. The molecular weight excluding hydrogens is 324 g/mol. The van der Waals surface area contributed by atoms with Gasteiger partial charge in [0.05, 0.1) is 5.75 Å². The van der Waals surface area contributed by atoms with Gasteiger partial charge in [0.25, 0.3) is 0 Å². The molecule has 0 heterocycles. The minimum absolute atomic E-state index is 0.191. The number of hydrogen-bond donors (Lipinski definition) is 0. The van der Waals surface area contributed by atoms with Crippen LogP contribution in [0.4, 0.5) is 0 Å². The molecule has 122 valence electrons. The SMILES string of the molecule is O=C(CSCc1cccc2cc3ccccc3cc12)c1ccccc1. The van der Waals surface area contributed by atoms with E-state index in [4.69, 9.17) is 0 Å². The quantitative estimate of drug-likeness (QED) is 0.321. The fourth-order valence-corrected chi connectivity index (χ4v) is 4.04. The van der Waals surface area contributed by atoms with E-state index in [9.17, 15) is 4.79 Å². The highest BCUT2D eigenvalue weighted by atomic mass is 32.2. The molecule has 0 atom stereocenters. The number of Topliss-reactive ketones (excluding diaryl/α,β-unsaturated/α-hetero) is 1. The van der Waals surface area contributed by atoms with Crippen LogP contribution in [0.5, 0.6) is 0 Å². The molecule has 0 amide bonds. The highest BCUT2D eigenvalue weighted by Crippen LogP contribution is 2.28. The summed E-state index contributed by atoms with van der Waals surface area (Å²) in [4.78, 5) is 12.3. The van der Waals surface area contributed by atoms with Crippen molar-refractivity contribution in [2.45, 2.75) is 5.75 Å². The summed E-state index contributed by atoms with van der Waals surface area (Å²) in [6.07, 6.45) is 0. The second-order valence-electron chi connectivity index (χ2n) is 6.12. The molecule has 0 unspecified atom stereocenters. The van der Waals surface area contributed by atoms with E-state index in [1.54, 1.807) is 11.8 Å². The van der Waals surface area contributed by atoms with E-state index < -0.39 is 0 Å². The van der Waals surface area contributed by atoms with Gasteiger partial charge >= 0.3 is 0 Å². The first-order valence-corrected chi connectivity index (χ1v) is 9.53. The Balaban J connectivity index is 1.55. The molecule has 4 aromatic carbocycles. The van der Waals surface area contributed by atoms with Crippen LogP contribution in [0.3, 0.4) is 0 Å². The number of hydrogen-bond acceptors (Lipinski definition) is 2. The number of thioether (sulfide) groups is 1. The zero-order valence-electron chi connectivity index (χ0n) is 13.8. The molecule has 0 bridgehead atoms. The molecule has 0 radical (unpaired) electrons. The Morgan fingerprint density at radius 2 is 1.40 bits per heavy atom. The highest BCUT2D eigenvalue weighted by molar-refractivity contribution is 7.99. The second-order valence-corrected chi connectivity index (χ2v) is 7.11. The minimum atomic E-state index is 0.191. The Morgan fingerprint density at radius 3 is 2.20 bits per heavy atom. The normalized spacial score (nSPS) is 11.0. The van der Waals surface area contributed by atoms with Crippen molar-refractivity contribution in [3.63, 3.8) is 0 Å². The molecule has 1 nitrogen and oxygen atoms in total. The largest absolute Gasteiger partial charge is 0.293 e. The fourth-order valence-electron chi connectivity index (χ4n) is 3.12. The van der Waals surface area contributed by atoms with Gasteiger partial charge in [0, 0.05) is 11.3 Å². The van der Waals surface area contributed by atoms with Crippen LogP contribution in [0.25, 0.3) is 21.5 Å². The Hall–Kier alpha value is -2.58. The molecule has 0 aromatic heterocycles. The molecule has 0 saturated heterocycles. The number of rotatable bonds is 5. The van der Waals surface area contributed by atoms with E-state index in [0.717, 1.165) is 11.3 Å². The summed E-state index contributed by atoms with van der Waals surface area (Å²) in [6.45, 7) is 0. The van der Waals surface area contributed by atoms with Gasteiger partial charge in [0.2, 0.25) is 0 Å². The van der Waals surface area contributed by atoms with Crippen LogP contribution in [0.15, 0.2) is 84.9 Å². The molecule has 0 saturated carbocycles. The first kappa shape index (κ1) is 15.9. The van der Waals surface area contributed by atoms with Crippen LogP contribution >= 0.6 is 11.8 Å². The van der Waals surface area contributed by atoms with Crippen molar-refractivity contribution >= 4 is 39.1 Å². The predicted molar refractivity (Wildman–Crippen MR) is 108 cm³/mol. The molecule has 0 N–H and O–H groups in total. The van der Waals surface area contributed by atoms with E-state index in [1.165, 1.54) is 27.1 Å². The summed E-state index contributed by atoms with van der Waals surface area (Å²) in [6, 6.07) is 28.9. The van der Waals surface area contributed by atoms with Gasteiger partial charge in [-0.1, -0.05) is 72.8 Å². The lowest BCUT2D eigenvalue weighted by molar-refractivity contribution is 0.102. The van der Waals surface area contributed by atoms with Crippen molar-refractivity contribution in [2.24, 2.45) is 0 Å². The van der Waals surface area contributed by atoms with Crippen LogP contribution in [0.1, 0.15) is 15.9 Å². The third-order valence-electron chi connectivity index (χ3n) is 4.42. The van der Waals surface area contributed by atoms with Crippen LogP contribution in [-0.2, 0) is 5.75 Å². The number of carbonyl (C=O) groups excluding carboxylic acids is 1. The van der Waals surface area contributed by atoms with Gasteiger partial charge in [0.15, 0.2) is 5.78 Å². The van der Waals surface area contributed by atoms with Gasteiger partial charge in [-0.05, 0) is 39.2 Å². The van der Waals surface area contributed by atoms with Crippen molar-refractivity contribution in [3.05, 3.63) is 96.1 Å². The predicted octanol–water partition coefficient (Wildman–Crippen LogP) is 6.11. The van der Waals surface area contributed by atoms with Crippen molar-refractivity contribution in [1.29, 1.82) is 0 Å². The number of carbonyl (C=O) groups is 1. The molecule has 0 spiro atoms. The van der Waals surface area contributed by atoms with Crippen LogP contribution in [0.2, 0.25) is 0 Å². The Labute approximate surface area is 151 Å². The Bertz CT molecular complexity index is 1040. The van der Waals surface area contributed by atoms with Crippen molar-refractivity contribution in [2.75, 3.05) is 5.75 Å². The zero-order chi connectivity index (χ0) is 17.1. The molecule has 4 aromatic rings. The van der Waals surface area contributed by atoms with Gasteiger partial charge in [-0.15, -0.1) is 11.8 Å². The third-order valence-corrected chi connectivity index (χ3v) is 5.40. The summed E-state index contributed by atoms with van der Waals surface area (Å²) in [5, 5.41) is 5.05. The average Bonchev–Trinajstić information content (AvgIpc) is 2.67. The monoisotopic (exact) mass is 342 g/mol. The van der Waals surface area contributed by atoms with Crippen LogP contribution in [0, 0.1) is 0 Å². The van der Waals surface area contributed by atoms with E-state index in [2.05, 4.69) is 54.6 Å². The summed E-state index contributed by atoms with van der Waals surface area (Å²) in [5.74, 6) is 1.54. The maximum atomic E-state index is 12.3. The molecule has 0 aliphatic heterocycles. The number of benzene rings is 4. The first-order valence-electron chi connectivity index (χ1n) is 8.38. The average molecular weight is 342 g/mol. The van der Waals surface area contributed by atoms with E-state index in [0.29, 0.717) is 5.75 Å². The maximum Gasteiger partial charge on any atom is 0.172 e. The lowest BCUT2D eigenvalue weighted by atomic mass is 10.0. The minimum Gasteiger partial charge on any atom is -0.293 e. The van der Waals surface area contributed by atoms with Gasteiger partial charge < -0.3 is 0 Å². The van der Waals surface area contributed by atoms with Gasteiger partial charge in [-0.3, -0.25) is 4.79 Å². The zero-order valence-corrected chi connectivity index (χ0v) is 14.6. The summed E-state index contributed by atoms with van der Waals surface area (Å²) >= 11 is 1.68. The highest BCUT2D eigenvalue weighted by Gasteiger charge is 2.07. The second kappa shape index (κ2) is 7.12. The van der Waals surface area contributed by atoms with Gasteiger partial charge in [0.1, 0.15) is 0 Å². The summed E-state index contributed by atoms with van der Waals surface area (Å²) in [7, 11) is 0. The van der Waals surface area contributed by atoms with E-state index in [-0.39, 0.29) is 5.78 Å². The lowest BCUT2D eigenvalue weighted by Crippen LogP contribution is -2.02. The maximum absolute atomic E-state index is 12.3. The van der Waals surface area contributed by atoms with Gasteiger partial charge in [-0.2, -0.15) is 0 Å². The molecule has 0 aliphatic rings. The van der Waals surface area contributed by atoms with Crippen LogP contribution in [-0.4, -0.2) is 11.5 Å². The molecule has 4 rings (SSSR count). The molecule has 25 heavy (non-hydrogen) atoms. The van der Waals surface area contributed by atoms with E-state index in [1.807, 2.05) is 30.3 Å². The standard InChI is InChI=1S/C23H18OS/c24-23(17-7-2-1-3-8-17)16-25-15-21-12-6-11-20-13-18-9-4-5-10-19(18)14-22(20)21/h1-14H,15-16H2. The molecule has 0 aliphatic carbocycles. The summed E-state index contributed by atoms with van der Waals surface area (Å²) in [5.41, 5.74) is 2.08. The third kappa shape index (κ3) is 3.45. The molecule has 2 heteroatoms. The molecule has 0 fully saturated rings. The molecular formula is C23H18OS. The van der Waals surface area contributed by atoms with Crippen molar-refractivity contribution in [3.8, 4) is 0 Å². The topological polar surface area (TPSA) is 17.1 Å². The van der Waals surface area contributed by atoms with Crippen molar-refractivity contribution in [1.82, 2.24) is 0 Å². The lowest BCUT2D eigenvalue weighted by Gasteiger charge is -2.08. The van der Waals surface area contributed by atoms with Crippen LogP contribution < -0.4 is 0 Å². The Morgan fingerprint density at radius 1 is 0.720 bits per heavy atom. The number of fused-ring (bicyclic) bond motifs is 2. The van der Waals surface area contributed by atoms with Crippen molar-refractivity contribution < 1.29 is 4.79 Å².